The summed E-state index contributed by atoms with van der Waals surface area (Å²) in [5.74, 6) is -0.147. The number of carbonyl (C=O) groups excluding carboxylic acids is 1. The Morgan fingerprint density at radius 3 is 2.59 bits per heavy atom. The number of aromatic nitrogens is 4. The third-order valence-corrected chi connectivity index (χ3v) is 6.10. The van der Waals surface area contributed by atoms with Crippen LogP contribution in [-0.2, 0) is 4.79 Å². The van der Waals surface area contributed by atoms with Gasteiger partial charge in [-0.05, 0) is 55.8 Å². The van der Waals surface area contributed by atoms with Crippen LogP contribution in [0.5, 0.6) is 0 Å². The van der Waals surface area contributed by atoms with Gasteiger partial charge in [-0.3, -0.25) is 14.3 Å². The van der Waals surface area contributed by atoms with Crippen molar-refractivity contribution in [3.8, 4) is 17.1 Å². The fourth-order valence-electron chi connectivity index (χ4n) is 3.10. The topological polar surface area (TPSA) is 72.7 Å². The lowest BCUT2D eigenvalue weighted by atomic mass is 10.2. The molecule has 1 atom stereocenters. The summed E-state index contributed by atoms with van der Waals surface area (Å²) < 4.78 is 15.3. The Hall–Kier alpha value is -3.23. The number of nitrogens with zero attached hydrogens (tertiary/aromatic N) is 4. The van der Waals surface area contributed by atoms with E-state index in [-0.39, 0.29) is 10.9 Å². The van der Waals surface area contributed by atoms with Crippen LogP contribution in [0.1, 0.15) is 12.5 Å². The number of hydrogen-bond donors (Lipinski definition) is 1. The van der Waals surface area contributed by atoms with Crippen molar-refractivity contribution in [3.63, 3.8) is 0 Å². The summed E-state index contributed by atoms with van der Waals surface area (Å²) >= 11 is 7.09. The maximum absolute atomic E-state index is 13.4. The standard InChI is InChI=1S/C23H19ClFN5OS/c1-14-5-3-4-6-20(14)30-21(16-9-11-26-12-10-16)28-29-23(30)32-15(2)22(31)27-17-7-8-19(25)18(24)13-17/h3-13,15H,1-2H3,(H,27,31). The first-order valence-electron chi connectivity index (χ1n) is 9.78. The summed E-state index contributed by atoms with van der Waals surface area (Å²) in [5, 5.41) is 11.5. The van der Waals surface area contributed by atoms with E-state index in [0.717, 1.165) is 16.8 Å². The molecule has 0 spiro atoms. The molecule has 162 valence electrons. The zero-order valence-electron chi connectivity index (χ0n) is 17.3. The highest BCUT2D eigenvalue weighted by Crippen LogP contribution is 2.31. The van der Waals surface area contributed by atoms with Crippen LogP contribution in [0.15, 0.2) is 72.1 Å². The van der Waals surface area contributed by atoms with Crippen molar-refractivity contribution in [2.24, 2.45) is 0 Å². The van der Waals surface area contributed by atoms with Gasteiger partial charge < -0.3 is 5.32 Å². The predicted octanol–water partition coefficient (Wildman–Crippen LogP) is 5.55. The number of benzene rings is 2. The molecule has 1 N–H and O–H groups in total. The van der Waals surface area contributed by atoms with Gasteiger partial charge in [0.05, 0.1) is 16.0 Å². The summed E-state index contributed by atoms with van der Waals surface area (Å²) in [7, 11) is 0. The normalized spacial score (nSPS) is 11.9. The number of pyridine rings is 1. The number of aryl methyl sites for hydroxylation is 1. The molecule has 2 aromatic carbocycles. The molecule has 32 heavy (non-hydrogen) atoms. The predicted molar refractivity (Wildman–Crippen MR) is 125 cm³/mol. The number of nitrogens with one attached hydrogen (secondary N) is 1. The Morgan fingerprint density at radius 1 is 1.12 bits per heavy atom. The van der Waals surface area contributed by atoms with Crippen LogP contribution >= 0.6 is 23.4 Å². The van der Waals surface area contributed by atoms with Gasteiger partial charge in [-0.2, -0.15) is 0 Å². The monoisotopic (exact) mass is 467 g/mol. The molecule has 4 rings (SSSR count). The molecule has 0 aliphatic carbocycles. The second-order valence-corrected chi connectivity index (χ2v) is 8.76. The molecule has 2 heterocycles. The Labute approximate surface area is 193 Å². The average molecular weight is 468 g/mol. The lowest BCUT2D eigenvalue weighted by Gasteiger charge is -2.15. The average Bonchev–Trinajstić information content (AvgIpc) is 3.20. The lowest BCUT2D eigenvalue weighted by Crippen LogP contribution is -2.23. The highest BCUT2D eigenvalue weighted by molar-refractivity contribution is 8.00. The van der Waals surface area contributed by atoms with Crippen molar-refractivity contribution in [1.29, 1.82) is 0 Å². The van der Waals surface area contributed by atoms with E-state index in [1.807, 2.05) is 47.9 Å². The van der Waals surface area contributed by atoms with Crippen LogP contribution in [0.4, 0.5) is 10.1 Å². The second-order valence-electron chi connectivity index (χ2n) is 7.04. The van der Waals surface area contributed by atoms with Crippen LogP contribution < -0.4 is 5.32 Å². The van der Waals surface area contributed by atoms with Gasteiger partial charge in [0.2, 0.25) is 5.91 Å². The van der Waals surface area contributed by atoms with Crippen molar-refractivity contribution in [2.45, 2.75) is 24.3 Å². The van der Waals surface area contributed by atoms with Crippen LogP contribution in [0.3, 0.4) is 0 Å². The van der Waals surface area contributed by atoms with Crippen molar-refractivity contribution in [2.75, 3.05) is 5.32 Å². The SMILES string of the molecule is Cc1ccccc1-n1c(SC(C)C(=O)Nc2ccc(F)c(Cl)c2)nnc1-c1ccncc1. The number of rotatable bonds is 6. The fourth-order valence-corrected chi connectivity index (χ4v) is 4.14. The maximum Gasteiger partial charge on any atom is 0.237 e. The van der Waals surface area contributed by atoms with Gasteiger partial charge in [-0.25, -0.2) is 4.39 Å². The molecule has 0 bridgehead atoms. The van der Waals surface area contributed by atoms with Gasteiger partial charge in [0.25, 0.3) is 0 Å². The summed E-state index contributed by atoms with van der Waals surface area (Å²) in [6.07, 6.45) is 3.39. The summed E-state index contributed by atoms with van der Waals surface area (Å²) in [4.78, 5) is 16.8. The molecule has 0 saturated heterocycles. The first kappa shape index (κ1) is 22.0. The quantitative estimate of drug-likeness (QED) is 0.376. The zero-order chi connectivity index (χ0) is 22.7. The minimum Gasteiger partial charge on any atom is -0.325 e. The third kappa shape index (κ3) is 4.66. The Balaban J connectivity index is 1.64. The number of carbonyl (C=O) groups is 1. The lowest BCUT2D eigenvalue weighted by molar-refractivity contribution is -0.115. The molecule has 4 aromatic rings. The van der Waals surface area contributed by atoms with Crippen LogP contribution in [0, 0.1) is 12.7 Å². The minimum absolute atomic E-state index is 0.0515. The zero-order valence-corrected chi connectivity index (χ0v) is 18.9. The van der Waals surface area contributed by atoms with E-state index in [1.54, 1.807) is 19.3 Å². The number of halogens is 2. The summed E-state index contributed by atoms with van der Waals surface area (Å²) in [6, 6.07) is 15.7. The number of para-hydroxylation sites is 1. The molecule has 0 aliphatic heterocycles. The van der Waals surface area contributed by atoms with Crippen LogP contribution in [0.25, 0.3) is 17.1 Å². The third-order valence-electron chi connectivity index (χ3n) is 4.77. The molecule has 1 amide bonds. The minimum atomic E-state index is -0.540. The van der Waals surface area contributed by atoms with Gasteiger partial charge in [0.15, 0.2) is 11.0 Å². The molecule has 6 nitrogen and oxygen atoms in total. The van der Waals surface area contributed by atoms with Crippen molar-refractivity contribution < 1.29 is 9.18 Å². The van der Waals surface area contributed by atoms with Crippen molar-refractivity contribution in [3.05, 3.63) is 83.4 Å². The van der Waals surface area contributed by atoms with E-state index in [1.165, 1.54) is 30.0 Å². The second kappa shape index (κ2) is 9.50. The summed E-state index contributed by atoms with van der Waals surface area (Å²) in [5.41, 5.74) is 3.25. The molecule has 9 heteroatoms. The van der Waals surface area contributed by atoms with Crippen LogP contribution in [0.2, 0.25) is 5.02 Å². The fraction of sp³-hybridized carbons (Fsp3) is 0.130. The van der Waals surface area contributed by atoms with Crippen molar-refractivity contribution in [1.82, 2.24) is 19.7 Å². The smallest absolute Gasteiger partial charge is 0.237 e. The first-order chi connectivity index (χ1) is 15.4. The molecule has 0 aliphatic rings. The van der Waals surface area contributed by atoms with Crippen LogP contribution in [-0.4, -0.2) is 30.9 Å². The molecule has 1 unspecified atom stereocenters. The molecule has 0 saturated carbocycles. The van der Waals surface area contributed by atoms with E-state index >= 15 is 0 Å². The molecular formula is C23H19ClFN5OS. The first-order valence-corrected chi connectivity index (χ1v) is 11.0. The van der Waals surface area contributed by atoms with E-state index in [2.05, 4.69) is 20.5 Å². The number of amides is 1. The maximum atomic E-state index is 13.4. The van der Waals surface area contributed by atoms with Gasteiger partial charge in [0.1, 0.15) is 5.82 Å². The van der Waals surface area contributed by atoms with Crippen molar-refractivity contribution >= 4 is 35.0 Å². The molecule has 0 fully saturated rings. The van der Waals surface area contributed by atoms with E-state index in [0.29, 0.717) is 16.7 Å². The highest BCUT2D eigenvalue weighted by Gasteiger charge is 2.23. The number of thioether (sulfide) groups is 1. The highest BCUT2D eigenvalue weighted by atomic mass is 35.5. The van der Waals surface area contributed by atoms with Gasteiger partial charge >= 0.3 is 0 Å². The Kier molecular flexibility index (Phi) is 6.53. The van der Waals surface area contributed by atoms with Gasteiger partial charge in [0, 0.05) is 23.6 Å². The Bertz CT molecular complexity index is 1260. The molecule has 2 aromatic heterocycles. The largest absolute Gasteiger partial charge is 0.325 e. The molecular weight excluding hydrogens is 449 g/mol. The number of anilines is 1. The van der Waals surface area contributed by atoms with E-state index < -0.39 is 11.1 Å². The Morgan fingerprint density at radius 2 is 1.88 bits per heavy atom. The van der Waals surface area contributed by atoms with E-state index in [9.17, 15) is 9.18 Å². The van der Waals surface area contributed by atoms with Gasteiger partial charge in [-0.1, -0.05) is 41.6 Å². The van der Waals surface area contributed by atoms with E-state index in [4.69, 9.17) is 11.6 Å². The number of hydrogen-bond acceptors (Lipinski definition) is 5. The van der Waals surface area contributed by atoms with Gasteiger partial charge in [-0.15, -0.1) is 10.2 Å². The summed E-state index contributed by atoms with van der Waals surface area (Å²) in [6.45, 7) is 3.78. The molecule has 0 radical (unpaired) electrons.